The smallest absolute Gasteiger partial charge is 0.258 e. The summed E-state index contributed by atoms with van der Waals surface area (Å²) in [6, 6.07) is 13.4. The third-order valence-corrected chi connectivity index (χ3v) is 4.80. The Hall–Kier alpha value is -2.70. The van der Waals surface area contributed by atoms with E-state index in [2.05, 4.69) is 10.6 Å². The van der Waals surface area contributed by atoms with Crippen LogP contribution in [0.5, 0.6) is 0 Å². The zero-order valence-corrected chi connectivity index (χ0v) is 16.6. The highest BCUT2D eigenvalue weighted by atomic mass is 16.5. The van der Waals surface area contributed by atoms with E-state index < -0.39 is 6.10 Å². The summed E-state index contributed by atoms with van der Waals surface area (Å²) in [6.45, 7) is 3.13. The number of nitrogens with zero attached hydrogens (tertiary/aromatic N) is 1. The third kappa shape index (κ3) is 4.97. The lowest BCUT2D eigenvalue weighted by atomic mass is 9.97. The molecule has 0 bridgehead atoms. The van der Waals surface area contributed by atoms with Crippen LogP contribution < -0.4 is 10.6 Å². The lowest BCUT2D eigenvalue weighted by Crippen LogP contribution is -2.28. The van der Waals surface area contributed by atoms with E-state index >= 15 is 0 Å². The Morgan fingerprint density at radius 3 is 2.71 bits per heavy atom. The molecule has 6 heteroatoms. The molecule has 2 aromatic rings. The second-order valence-electron chi connectivity index (χ2n) is 7.32. The topological polar surface area (TPSA) is 70.7 Å². The van der Waals surface area contributed by atoms with E-state index in [1.807, 2.05) is 62.3 Å². The number of nitrogens with one attached hydrogen (secondary N) is 2. The van der Waals surface area contributed by atoms with E-state index in [-0.39, 0.29) is 11.8 Å². The molecule has 3 rings (SSSR count). The van der Waals surface area contributed by atoms with Crippen LogP contribution in [0.25, 0.3) is 0 Å². The lowest BCUT2D eigenvalue weighted by molar-refractivity contribution is -0.128. The Morgan fingerprint density at radius 1 is 1.14 bits per heavy atom. The number of anilines is 2. The number of ether oxygens (including phenoxy) is 1. The highest BCUT2D eigenvalue weighted by Gasteiger charge is 2.27. The summed E-state index contributed by atoms with van der Waals surface area (Å²) >= 11 is 0. The maximum absolute atomic E-state index is 12.8. The third-order valence-electron chi connectivity index (χ3n) is 4.80. The molecule has 0 fully saturated rings. The predicted molar refractivity (Wildman–Crippen MR) is 110 cm³/mol. The number of carbonyl (C=O) groups is 2. The van der Waals surface area contributed by atoms with Crippen molar-refractivity contribution in [1.82, 2.24) is 4.90 Å². The van der Waals surface area contributed by atoms with Gasteiger partial charge in [0, 0.05) is 24.3 Å². The summed E-state index contributed by atoms with van der Waals surface area (Å²) in [4.78, 5) is 26.9. The first kappa shape index (κ1) is 20.0. The molecule has 0 spiro atoms. The molecule has 0 aliphatic carbocycles. The molecule has 1 atom stereocenters. The van der Waals surface area contributed by atoms with Crippen LogP contribution in [0.2, 0.25) is 0 Å². The highest BCUT2D eigenvalue weighted by Crippen LogP contribution is 2.29. The number of benzene rings is 2. The number of fused-ring (bicyclic) bond motifs is 1. The van der Waals surface area contributed by atoms with E-state index in [1.165, 1.54) is 0 Å². The van der Waals surface area contributed by atoms with E-state index in [0.29, 0.717) is 30.9 Å². The first-order valence-electron chi connectivity index (χ1n) is 9.49. The molecule has 1 aliphatic heterocycles. The van der Waals surface area contributed by atoms with Crippen molar-refractivity contribution >= 4 is 23.2 Å². The molecule has 0 saturated carbocycles. The fourth-order valence-electron chi connectivity index (χ4n) is 3.19. The molecule has 0 aromatic heterocycles. The zero-order chi connectivity index (χ0) is 20.1. The largest absolute Gasteiger partial charge is 0.363 e. The van der Waals surface area contributed by atoms with Crippen LogP contribution in [0, 0.1) is 6.92 Å². The summed E-state index contributed by atoms with van der Waals surface area (Å²) in [7, 11) is 3.86. The summed E-state index contributed by atoms with van der Waals surface area (Å²) in [5.41, 5.74) is 4.33. The molecule has 0 saturated heterocycles. The summed E-state index contributed by atoms with van der Waals surface area (Å²) in [5.74, 6) is -0.259. The van der Waals surface area contributed by atoms with Crippen LogP contribution in [0.4, 0.5) is 11.4 Å². The van der Waals surface area contributed by atoms with Gasteiger partial charge in [-0.25, -0.2) is 0 Å². The molecule has 6 nitrogen and oxygen atoms in total. The molecular formula is C22H27N3O3. The van der Waals surface area contributed by atoms with Crippen LogP contribution >= 0.6 is 0 Å². The van der Waals surface area contributed by atoms with Gasteiger partial charge in [-0.05, 0) is 56.3 Å². The number of rotatable bonds is 6. The minimum absolute atomic E-state index is 0.0511. The van der Waals surface area contributed by atoms with Crippen LogP contribution in [-0.2, 0) is 20.7 Å². The van der Waals surface area contributed by atoms with E-state index in [9.17, 15) is 9.59 Å². The molecule has 1 unspecified atom stereocenters. The minimum Gasteiger partial charge on any atom is -0.363 e. The second-order valence-corrected chi connectivity index (χ2v) is 7.32. The average molecular weight is 381 g/mol. The fraction of sp³-hybridized carbons (Fsp3) is 0.364. The van der Waals surface area contributed by atoms with Crippen LogP contribution in [0.3, 0.4) is 0 Å². The van der Waals surface area contributed by atoms with Gasteiger partial charge < -0.3 is 20.3 Å². The molecule has 2 aromatic carbocycles. The quantitative estimate of drug-likeness (QED) is 0.807. The molecule has 1 aliphatic rings. The summed E-state index contributed by atoms with van der Waals surface area (Å²) in [6.07, 6.45) is 0.605. The van der Waals surface area contributed by atoms with Gasteiger partial charge in [0.1, 0.15) is 0 Å². The Balaban J connectivity index is 1.70. The van der Waals surface area contributed by atoms with Gasteiger partial charge in [0.15, 0.2) is 6.10 Å². The summed E-state index contributed by atoms with van der Waals surface area (Å²) < 4.78 is 5.72. The number of amides is 2. The van der Waals surface area contributed by atoms with Gasteiger partial charge in [-0.1, -0.05) is 30.3 Å². The van der Waals surface area contributed by atoms with E-state index in [4.69, 9.17) is 4.74 Å². The van der Waals surface area contributed by atoms with E-state index in [1.54, 1.807) is 6.07 Å². The monoisotopic (exact) mass is 381 g/mol. The molecule has 28 heavy (non-hydrogen) atoms. The Labute approximate surface area is 165 Å². The van der Waals surface area contributed by atoms with Crippen LogP contribution in [-0.4, -0.2) is 44.0 Å². The molecule has 1 heterocycles. The standard InChI is InChI=1S/C22H27N3O3/c1-15-8-9-17(14-19(15)24-20(26)10-12-25(2)3)23-22(27)21-18-7-5-4-6-16(18)11-13-28-21/h4-9,14,21H,10-13H2,1-3H3,(H,23,27)(H,24,26). The first-order valence-corrected chi connectivity index (χ1v) is 9.49. The Kier molecular flexibility index (Phi) is 6.44. The SMILES string of the molecule is Cc1ccc(NC(=O)C2OCCc3ccccc32)cc1NC(=O)CCN(C)C. The molecule has 2 N–H and O–H groups in total. The molecule has 2 amide bonds. The fourth-order valence-corrected chi connectivity index (χ4v) is 3.19. The van der Waals surface area contributed by atoms with Crippen LogP contribution in [0.15, 0.2) is 42.5 Å². The number of carbonyl (C=O) groups excluding carboxylic acids is 2. The Bertz CT molecular complexity index is 864. The number of hydrogen-bond donors (Lipinski definition) is 2. The normalized spacial score (nSPS) is 15.8. The van der Waals surface area contributed by atoms with Gasteiger partial charge in [-0.15, -0.1) is 0 Å². The van der Waals surface area contributed by atoms with Crippen molar-refractivity contribution in [3.8, 4) is 0 Å². The maximum atomic E-state index is 12.8. The second kappa shape index (κ2) is 8.99. The highest BCUT2D eigenvalue weighted by molar-refractivity contribution is 5.97. The average Bonchev–Trinajstić information content (AvgIpc) is 2.68. The van der Waals surface area contributed by atoms with Gasteiger partial charge in [-0.2, -0.15) is 0 Å². The zero-order valence-electron chi connectivity index (χ0n) is 16.6. The van der Waals surface area contributed by atoms with Crippen molar-refractivity contribution in [3.05, 3.63) is 59.2 Å². The van der Waals surface area contributed by atoms with Crippen molar-refractivity contribution in [2.75, 3.05) is 37.9 Å². The Morgan fingerprint density at radius 2 is 1.93 bits per heavy atom. The van der Waals surface area contributed by atoms with Crippen molar-refractivity contribution in [2.24, 2.45) is 0 Å². The summed E-state index contributed by atoms with van der Waals surface area (Å²) in [5, 5.41) is 5.85. The minimum atomic E-state index is -0.621. The number of aryl methyl sites for hydroxylation is 1. The van der Waals surface area contributed by atoms with Gasteiger partial charge in [-0.3, -0.25) is 9.59 Å². The predicted octanol–water partition coefficient (Wildman–Crippen LogP) is 3.14. The van der Waals surface area contributed by atoms with Gasteiger partial charge in [0.05, 0.1) is 6.61 Å². The van der Waals surface area contributed by atoms with E-state index in [0.717, 1.165) is 23.1 Å². The van der Waals surface area contributed by atoms with Gasteiger partial charge in [0.25, 0.3) is 5.91 Å². The van der Waals surface area contributed by atoms with Crippen molar-refractivity contribution in [2.45, 2.75) is 25.9 Å². The van der Waals surface area contributed by atoms with Crippen LogP contribution in [0.1, 0.15) is 29.2 Å². The van der Waals surface area contributed by atoms with Crippen molar-refractivity contribution < 1.29 is 14.3 Å². The molecular weight excluding hydrogens is 354 g/mol. The molecule has 148 valence electrons. The van der Waals surface area contributed by atoms with Gasteiger partial charge in [0.2, 0.25) is 5.91 Å². The lowest BCUT2D eigenvalue weighted by Gasteiger charge is -2.25. The van der Waals surface area contributed by atoms with Crippen molar-refractivity contribution in [3.63, 3.8) is 0 Å². The van der Waals surface area contributed by atoms with Gasteiger partial charge >= 0.3 is 0 Å². The molecule has 0 radical (unpaired) electrons. The maximum Gasteiger partial charge on any atom is 0.258 e. The van der Waals surface area contributed by atoms with Crippen molar-refractivity contribution in [1.29, 1.82) is 0 Å². The number of hydrogen-bond acceptors (Lipinski definition) is 4. The first-order chi connectivity index (χ1) is 13.4.